The minimum Gasteiger partial charge on any atom is -0.309 e. The lowest BCUT2D eigenvalue weighted by Crippen LogP contribution is -2.70. The second-order valence-corrected chi connectivity index (χ2v) is 28.1. The van der Waals surface area contributed by atoms with Gasteiger partial charge in [0.1, 0.15) is 10.0 Å². The number of rotatable bonds is 6. The average Bonchev–Trinajstić information content (AvgIpc) is 1.57. The Morgan fingerprint density at radius 1 is 0.271 bits per heavy atom. The van der Waals surface area contributed by atoms with Gasteiger partial charge in [0.15, 0.2) is 8.07 Å². The maximum absolute atomic E-state index is 5.30. The largest absolute Gasteiger partial charge is 0.309 e. The van der Waals surface area contributed by atoms with Crippen LogP contribution in [0.2, 0.25) is 0 Å². The Morgan fingerprint density at radius 2 is 0.565 bits per heavy atom. The third-order valence-corrected chi connectivity index (χ3v) is 24.9. The first kappa shape index (κ1) is 48.3. The summed E-state index contributed by atoms with van der Waals surface area (Å²) in [6.07, 6.45) is 8.95. The minimum absolute atomic E-state index is 1.03. The molecule has 0 fully saturated rings. The van der Waals surface area contributed by atoms with Crippen LogP contribution < -0.4 is 30.5 Å². The molecule has 0 atom stereocenters. The van der Waals surface area contributed by atoms with E-state index < -0.39 is 8.07 Å². The van der Waals surface area contributed by atoms with Crippen molar-refractivity contribution in [3.63, 3.8) is 0 Å². The highest BCUT2D eigenvalue weighted by Gasteiger charge is 2.54. The zero-order valence-electron chi connectivity index (χ0n) is 45.8. The van der Waals surface area contributed by atoms with Crippen LogP contribution in [0.25, 0.3) is 110 Å². The first-order valence-corrected chi connectivity index (χ1v) is 32.6. The van der Waals surface area contributed by atoms with Gasteiger partial charge in [0.2, 0.25) is 0 Å². The van der Waals surface area contributed by atoms with Gasteiger partial charge in [0, 0.05) is 22.5 Å². The summed E-state index contributed by atoms with van der Waals surface area (Å²) < 4.78 is 2.39. The summed E-state index contributed by atoms with van der Waals surface area (Å²) in [5.74, 6) is 0. The maximum Gasteiger partial charge on any atom is 0.182 e. The molecule has 396 valence electrons. The zero-order valence-corrected chi connectivity index (χ0v) is 48.5. The van der Waals surface area contributed by atoms with Crippen molar-refractivity contribution < 1.29 is 0 Å². The Labute approximate surface area is 501 Å². The minimum atomic E-state index is -3.21. The zero-order chi connectivity index (χ0) is 55.7. The summed E-state index contributed by atoms with van der Waals surface area (Å²) in [5.41, 5.74) is 26.0. The van der Waals surface area contributed by atoms with E-state index in [0.717, 1.165) is 66.3 Å². The van der Waals surface area contributed by atoms with Crippen molar-refractivity contribution in [2.75, 3.05) is 9.80 Å². The molecule has 2 aromatic heterocycles. The van der Waals surface area contributed by atoms with Crippen LogP contribution in [0.3, 0.4) is 0 Å². The summed E-state index contributed by atoms with van der Waals surface area (Å²) in [6, 6.07) is 99.6. The van der Waals surface area contributed by atoms with E-state index in [1.807, 2.05) is 0 Å². The van der Waals surface area contributed by atoms with E-state index in [4.69, 9.17) is 9.97 Å². The lowest BCUT2D eigenvalue weighted by molar-refractivity contribution is 1.28. The van der Waals surface area contributed by atoms with E-state index in [9.17, 15) is 0 Å². The lowest BCUT2D eigenvalue weighted by atomic mass is 9.97. The molecule has 0 saturated carbocycles. The Morgan fingerprint density at radius 3 is 0.918 bits per heavy atom. The molecule has 4 aliphatic heterocycles. The van der Waals surface area contributed by atoms with E-state index in [1.165, 1.54) is 96.9 Å². The lowest BCUT2D eigenvalue weighted by Gasteiger charge is -2.29. The summed E-state index contributed by atoms with van der Waals surface area (Å²) in [6.45, 7) is 0. The second-order valence-electron chi connectivity index (χ2n) is 22.4. The van der Waals surface area contributed by atoms with Crippen molar-refractivity contribution >= 4 is 130 Å². The van der Waals surface area contributed by atoms with Crippen LogP contribution >= 0.6 is 22.7 Å². The smallest absolute Gasteiger partial charge is 0.182 e. The number of para-hydroxylation sites is 6. The van der Waals surface area contributed by atoms with Crippen molar-refractivity contribution in [1.29, 1.82) is 0 Å². The fraction of sp³-hybridized carbons (Fsp3) is 0. The van der Waals surface area contributed by atoms with Crippen LogP contribution in [-0.4, -0.2) is 18.0 Å². The molecule has 14 aromatic rings. The van der Waals surface area contributed by atoms with E-state index >= 15 is 0 Å². The molecule has 18 rings (SSSR count). The van der Waals surface area contributed by atoms with Crippen LogP contribution in [0, 0.1) is 0 Å². The number of anilines is 6. The van der Waals surface area contributed by atoms with Gasteiger partial charge in [0.05, 0.1) is 43.2 Å². The van der Waals surface area contributed by atoms with Crippen LogP contribution in [0.1, 0.15) is 22.3 Å². The molecular weight excluding hydrogens is 1090 g/mol. The third-order valence-electron chi connectivity index (χ3n) is 17.9. The number of hydrogen-bond acceptors (Lipinski definition) is 6. The van der Waals surface area contributed by atoms with Gasteiger partial charge in [-0.05, 0) is 160 Å². The number of benzene rings is 12. The Balaban J connectivity index is 0.839. The maximum atomic E-state index is 5.30. The van der Waals surface area contributed by atoms with E-state index in [0.29, 0.717) is 0 Å². The summed E-state index contributed by atoms with van der Waals surface area (Å²) >= 11 is 3.55. The predicted octanol–water partition coefficient (Wildman–Crippen LogP) is 18.8. The van der Waals surface area contributed by atoms with E-state index in [1.54, 1.807) is 22.7 Å². The van der Waals surface area contributed by atoms with Crippen molar-refractivity contribution in [3.8, 4) is 65.6 Å². The Hall–Kier alpha value is -10.3. The number of fused-ring (bicyclic) bond motifs is 16. The van der Waals surface area contributed by atoms with Gasteiger partial charge in [-0.3, -0.25) is 0 Å². The third kappa shape index (κ3) is 7.44. The Bertz CT molecular complexity index is 4680. The number of thiazole rings is 2. The van der Waals surface area contributed by atoms with Crippen molar-refractivity contribution in [2.24, 2.45) is 0 Å². The molecule has 12 aromatic carbocycles. The molecule has 1 spiro atoms. The summed E-state index contributed by atoms with van der Waals surface area (Å²) in [4.78, 5) is 15.4. The summed E-state index contributed by atoms with van der Waals surface area (Å²) in [5, 5.41) is 7.70. The highest BCUT2D eigenvalue weighted by atomic mass is 32.1. The molecule has 0 N–H and O–H groups in total. The molecule has 0 unspecified atom stereocenters. The molecule has 4 aliphatic rings. The predicted molar refractivity (Wildman–Crippen MR) is 363 cm³/mol. The molecule has 6 heterocycles. The first-order valence-electron chi connectivity index (χ1n) is 28.9. The van der Waals surface area contributed by atoms with E-state index in [-0.39, 0.29) is 0 Å². The van der Waals surface area contributed by atoms with Crippen molar-refractivity contribution in [2.45, 2.75) is 0 Å². The molecule has 85 heavy (non-hydrogen) atoms. The molecular formula is C78H48N4S2Si. The standard InChI is InChI=1S/C78H48N4S2Si/c1-7-19-67-51(13-1)25-26-52-14-2-8-20-68(52)81(67)59-37-29-49(30-38-59)55-33-41-61-62-42-34-56(50-31-39-60(40-32-50)82-69-21-9-3-15-53(69)27-28-54-16-4-10-22-70(54)82)46-74(62)85(73(61)45-55)75-47-57(77-79-65-17-5-11-23-71(65)83-77)35-43-63(75)64-44-36-58(48-76(64)85)78-80-66-18-6-12-24-72(66)84-78/h1-48H. The molecule has 0 bridgehead atoms. The van der Waals surface area contributed by atoms with Gasteiger partial charge in [0.25, 0.3) is 0 Å². The summed E-state index contributed by atoms with van der Waals surface area (Å²) in [7, 11) is -3.21. The fourth-order valence-electron chi connectivity index (χ4n) is 14.0. The molecule has 0 aliphatic carbocycles. The number of nitrogens with zero attached hydrogens (tertiary/aromatic N) is 4. The SMILES string of the molecule is C1=Cc2ccccc2N(c2ccc(-c3ccc4c(c3)[Si]3(c5cc(-c6ccc(N7c8ccccc8C=Cc8ccccc87)cc6)ccc5-4)c4cc(-c5nc6ccccc6s5)ccc4-c4ccc(-c5nc6ccccc6s5)cc43)cc2)c2ccccc21. The number of aromatic nitrogens is 2. The fourth-order valence-corrected chi connectivity index (χ4v) is 21.6. The molecule has 0 amide bonds. The number of hydrogen-bond donors (Lipinski definition) is 0. The van der Waals surface area contributed by atoms with Gasteiger partial charge >= 0.3 is 0 Å². The monoisotopic (exact) mass is 1130 g/mol. The molecule has 0 radical (unpaired) electrons. The normalized spacial score (nSPS) is 13.6. The van der Waals surface area contributed by atoms with Crippen LogP contribution in [0.15, 0.2) is 267 Å². The van der Waals surface area contributed by atoms with Gasteiger partial charge in [-0.2, -0.15) is 0 Å². The molecule has 7 heteroatoms. The van der Waals surface area contributed by atoms with Crippen LogP contribution in [0.4, 0.5) is 34.1 Å². The van der Waals surface area contributed by atoms with Gasteiger partial charge in [-0.15, -0.1) is 22.7 Å². The van der Waals surface area contributed by atoms with Gasteiger partial charge in [-0.25, -0.2) is 9.97 Å². The second kappa shape index (κ2) is 18.9. The Kier molecular flexibility index (Phi) is 10.7. The van der Waals surface area contributed by atoms with Gasteiger partial charge < -0.3 is 9.80 Å². The average molecular weight is 1130 g/mol. The topological polar surface area (TPSA) is 32.3 Å². The highest BCUT2D eigenvalue weighted by Crippen LogP contribution is 2.47. The molecule has 4 nitrogen and oxygen atoms in total. The van der Waals surface area contributed by atoms with Crippen molar-refractivity contribution in [3.05, 3.63) is 289 Å². The quantitative estimate of drug-likeness (QED) is 0.155. The highest BCUT2D eigenvalue weighted by molar-refractivity contribution is 7.25. The van der Waals surface area contributed by atoms with Crippen LogP contribution in [0.5, 0.6) is 0 Å². The molecule has 0 saturated heterocycles. The van der Waals surface area contributed by atoms with Crippen molar-refractivity contribution in [1.82, 2.24) is 9.97 Å². The van der Waals surface area contributed by atoms with Crippen LogP contribution in [-0.2, 0) is 0 Å². The van der Waals surface area contributed by atoms with E-state index in [2.05, 4.69) is 301 Å². The van der Waals surface area contributed by atoms with Gasteiger partial charge in [-0.1, -0.05) is 218 Å². The first-order chi connectivity index (χ1) is 42.1.